The standard InChI is InChI=1S/C19H23NOS3/c1-5-17(22)20(21)10-12-11-23-15-8-7-14-13(18(12)15)6-9-16(24-14)19(2,3)4/h6-9,11,16,21H,5,10H2,1-4H3. The van der Waals surface area contributed by atoms with Crippen LogP contribution in [-0.2, 0) is 6.54 Å². The van der Waals surface area contributed by atoms with Crippen molar-refractivity contribution < 1.29 is 5.21 Å². The van der Waals surface area contributed by atoms with Gasteiger partial charge in [-0.05, 0) is 40.5 Å². The number of benzene rings is 1. The molecule has 2 aromatic rings. The zero-order valence-corrected chi connectivity index (χ0v) is 16.9. The maximum Gasteiger partial charge on any atom is 0.103 e. The molecule has 1 aliphatic heterocycles. The molecule has 1 aromatic heterocycles. The van der Waals surface area contributed by atoms with Crippen molar-refractivity contribution in [1.82, 2.24) is 5.06 Å². The van der Waals surface area contributed by atoms with E-state index < -0.39 is 0 Å². The van der Waals surface area contributed by atoms with Crippen molar-refractivity contribution in [3.05, 3.63) is 34.7 Å². The van der Waals surface area contributed by atoms with E-state index in [9.17, 15) is 5.21 Å². The van der Waals surface area contributed by atoms with E-state index in [0.29, 0.717) is 23.2 Å². The van der Waals surface area contributed by atoms with Gasteiger partial charge >= 0.3 is 0 Å². The average molecular weight is 378 g/mol. The molecule has 0 radical (unpaired) electrons. The van der Waals surface area contributed by atoms with Gasteiger partial charge in [0.1, 0.15) is 4.99 Å². The van der Waals surface area contributed by atoms with Gasteiger partial charge in [-0.3, -0.25) is 5.21 Å². The number of rotatable bonds is 3. The predicted molar refractivity (Wildman–Crippen MR) is 110 cm³/mol. The zero-order valence-electron chi connectivity index (χ0n) is 14.5. The normalized spacial score (nSPS) is 17.1. The van der Waals surface area contributed by atoms with Crippen molar-refractivity contribution in [3.8, 4) is 0 Å². The van der Waals surface area contributed by atoms with Gasteiger partial charge in [-0.1, -0.05) is 52.1 Å². The lowest BCUT2D eigenvalue weighted by Gasteiger charge is -2.30. The second-order valence-electron chi connectivity index (χ2n) is 7.18. The van der Waals surface area contributed by atoms with Crippen LogP contribution in [0.5, 0.6) is 0 Å². The Labute approximate surface area is 157 Å². The minimum absolute atomic E-state index is 0.237. The van der Waals surface area contributed by atoms with Gasteiger partial charge in [0.15, 0.2) is 0 Å². The van der Waals surface area contributed by atoms with Gasteiger partial charge in [-0.25, -0.2) is 5.06 Å². The highest BCUT2D eigenvalue weighted by Gasteiger charge is 2.27. The van der Waals surface area contributed by atoms with Crippen LogP contribution in [0.4, 0.5) is 0 Å². The van der Waals surface area contributed by atoms with Gasteiger partial charge < -0.3 is 0 Å². The smallest absolute Gasteiger partial charge is 0.103 e. The summed E-state index contributed by atoms with van der Waals surface area (Å²) < 4.78 is 1.26. The fraction of sp³-hybridized carbons (Fsp3) is 0.421. The molecule has 1 atom stereocenters. The van der Waals surface area contributed by atoms with Crippen LogP contribution >= 0.6 is 35.3 Å². The number of hydrogen-bond acceptors (Lipinski definition) is 4. The summed E-state index contributed by atoms with van der Waals surface area (Å²) in [4.78, 5) is 1.91. The molecule has 0 aliphatic carbocycles. The topological polar surface area (TPSA) is 23.5 Å². The number of thioether (sulfide) groups is 1. The largest absolute Gasteiger partial charge is 0.288 e. The Bertz CT molecular complexity index is 801. The first-order valence-electron chi connectivity index (χ1n) is 8.18. The second kappa shape index (κ2) is 6.79. The van der Waals surface area contributed by atoms with Gasteiger partial charge in [0.25, 0.3) is 0 Å². The molecule has 1 aromatic carbocycles. The fourth-order valence-electron chi connectivity index (χ4n) is 2.85. The highest BCUT2D eigenvalue weighted by molar-refractivity contribution is 8.00. The van der Waals surface area contributed by atoms with Crippen LogP contribution in [0.15, 0.2) is 28.5 Å². The van der Waals surface area contributed by atoms with Gasteiger partial charge in [0, 0.05) is 20.2 Å². The third kappa shape index (κ3) is 3.40. The lowest BCUT2D eigenvalue weighted by atomic mass is 9.90. The maximum absolute atomic E-state index is 10.2. The molecule has 3 rings (SSSR count). The van der Waals surface area contributed by atoms with E-state index in [4.69, 9.17) is 12.2 Å². The van der Waals surface area contributed by atoms with E-state index in [2.05, 4.69) is 50.4 Å². The van der Waals surface area contributed by atoms with Crippen LogP contribution in [0.2, 0.25) is 0 Å². The van der Waals surface area contributed by atoms with E-state index >= 15 is 0 Å². The first-order valence-corrected chi connectivity index (χ1v) is 10.3. The van der Waals surface area contributed by atoms with E-state index in [1.54, 1.807) is 11.3 Å². The molecule has 128 valence electrons. The number of fused-ring (bicyclic) bond motifs is 3. The molecule has 0 spiro atoms. The SMILES string of the molecule is CCC(=S)N(O)Cc1csc2ccc3c(c12)C=CC(C(C)(C)C)S3. The third-order valence-electron chi connectivity index (χ3n) is 4.27. The van der Waals surface area contributed by atoms with Crippen molar-refractivity contribution in [1.29, 1.82) is 0 Å². The van der Waals surface area contributed by atoms with Crippen molar-refractivity contribution >= 4 is 56.5 Å². The molecule has 2 heterocycles. The van der Waals surface area contributed by atoms with Crippen LogP contribution in [0, 0.1) is 5.41 Å². The van der Waals surface area contributed by atoms with Crippen LogP contribution in [0.25, 0.3) is 16.2 Å². The van der Waals surface area contributed by atoms with Crippen LogP contribution in [0.3, 0.4) is 0 Å². The van der Waals surface area contributed by atoms with Gasteiger partial charge in [-0.15, -0.1) is 23.1 Å². The molecule has 0 bridgehead atoms. The predicted octanol–water partition coefficient (Wildman–Crippen LogP) is 6.36. The zero-order chi connectivity index (χ0) is 17.5. The summed E-state index contributed by atoms with van der Waals surface area (Å²) in [7, 11) is 0. The molecular formula is C19H23NOS3. The van der Waals surface area contributed by atoms with Gasteiger partial charge in [0.2, 0.25) is 0 Å². The highest BCUT2D eigenvalue weighted by atomic mass is 32.2. The minimum atomic E-state index is 0.237. The molecule has 0 saturated heterocycles. The van der Waals surface area contributed by atoms with Crippen molar-refractivity contribution in [2.24, 2.45) is 5.41 Å². The molecule has 1 unspecified atom stereocenters. The van der Waals surface area contributed by atoms with Crippen molar-refractivity contribution in [2.75, 3.05) is 0 Å². The summed E-state index contributed by atoms with van der Waals surface area (Å²) in [6.07, 6.45) is 5.26. The Kier molecular flexibility index (Phi) is 5.07. The molecule has 24 heavy (non-hydrogen) atoms. The molecular weight excluding hydrogens is 354 g/mol. The summed E-state index contributed by atoms with van der Waals surface area (Å²) in [5.41, 5.74) is 2.66. The van der Waals surface area contributed by atoms with Crippen LogP contribution in [-0.4, -0.2) is 20.5 Å². The summed E-state index contributed by atoms with van der Waals surface area (Å²) in [6, 6.07) is 4.44. The lowest BCUT2D eigenvalue weighted by molar-refractivity contribution is -0.0213. The fourth-order valence-corrected chi connectivity index (χ4v) is 5.10. The van der Waals surface area contributed by atoms with Gasteiger partial charge in [0.05, 0.1) is 6.54 Å². The van der Waals surface area contributed by atoms with E-state index in [1.807, 2.05) is 18.7 Å². The first kappa shape index (κ1) is 17.9. The number of thiophene rings is 1. The summed E-state index contributed by atoms with van der Waals surface area (Å²) in [5, 5.41) is 15.3. The number of hydrogen-bond donors (Lipinski definition) is 1. The van der Waals surface area contributed by atoms with E-state index in [-0.39, 0.29) is 5.41 Å². The Balaban J connectivity index is 2.00. The van der Waals surface area contributed by atoms with Crippen molar-refractivity contribution in [2.45, 2.75) is 50.8 Å². The molecule has 5 heteroatoms. The van der Waals surface area contributed by atoms with Crippen molar-refractivity contribution in [3.63, 3.8) is 0 Å². The number of thiocarbonyl (C=S) groups is 1. The summed E-state index contributed by atoms with van der Waals surface area (Å²) in [5.74, 6) is 0. The molecule has 0 saturated carbocycles. The minimum Gasteiger partial charge on any atom is -0.288 e. The summed E-state index contributed by atoms with van der Waals surface area (Å²) in [6.45, 7) is 9.26. The highest BCUT2D eigenvalue weighted by Crippen LogP contribution is 2.45. The lowest BCUT2D eigenvalue weighted by Crippen LogP contribution is -2.24. The Morgan fingerprint density at radius 2 is 2.08 bits per heavy atom. The number of nitrogens with zero attached hydrogens (tertiary/aromatic N) is 1. The van der Waals surface area contributed by atoms with Crippen LogP contribution < -0.4 is 0 Å². The molecule has 2 nitrogen and oxygen atoms in total. The molecule has 0 amide bonds. The van der Waals surface area contributed by atoms with Gasteiger partial charge in [-0.2, -0.15) is 0 Å². The quantitative estimate of drug-likeness (QED) is 0.496. The Morgan fingerprint density at radius 3 is 2.75 bits per heavy atom. The third-order valence-corrected chi connectivity index (χ3v) is 7.50. The molecule has 1 aliphatic rings. The number of hydroxylamine groups is 2. The van der Waals surface area contributed by atoms with Crippen LogP contribution in [0.1, 0.15) is 45.2 Å². The first-order chi connectivity index (χ1) is 11.3. The second-order valence-corrected chi connectivity index (χ2v) is 9.75. The Morgan fingerprint density at radius 1 is 1.33 bits per heavy atom. The molecule has 1 N–H and O–H groups in total. The summed E-state index contributed by atoms with van der Waals surface area (Å²) >= 11 is 8.88. The van der Waals surface area contributed by atoms with E-state index in [1.165, 1.54) is 25.6 Å². The monoisotopic (exact) mass is 377 g/mol. The van der Waals surface area contributed by atoms with E-state index in [0.717, 1.165) is 5.56 Å². The molecule has 0 fully saturated rings. The average Bonchev–Trinajstić information content (AvgIpc) is 2.96. The maximum atomic E-state index is 10.2. The Hall–Kier alpha value is -0.880.